The Morgan fingerprint density at radius 2 is 2.12 bits per heavy atom. The van der Waals surface area contributed by atoms with Gasteiger partial charge in [-0.05, 0) is 18.2 Å². The number of nitrogens with one attached hydrogen (secondary N) is 3. The van der Waals surface area contributed by atoms with E-state index in [1.165, 1.54) is 6.20 Å². The van der Waals surface area contributed by atoms with E-state index < -0.39 is 23.1 Å². The first kappa shape index (κ1) is 15.5. The Kier molecular flexibility index (Phi) is 3.57. The van der Waals surface area contributed by atoms with Crippen molar-refractivity contribution in [2.24, 2.45) is 0 Å². The number of hydrogen-bond donors (Lipinski definition) is 4. The van der Waals surface area contributed by atoms with Crippen LogP contribution in [0.3, 0.4) is 0 Å². The van der Waals surface area contributed by atoms with Crippen LogP contribution in [0.25, 0.3) is 11.0 Å². The minimum Gasteiger partial charge on any atom is -0.396 e. The van der Waals surface area contributed by atoms with Crippen molar-refractivity contribution in [2.75, 3.05) is 24.1 Å². The maximum atomic E-state index is 14.0. The lowest BCUT2D eigenvalue weighted by atomic mass is 9.97. The first-order chi connectivity index (χ1) is 12.0. The lowest BCUT2D eigenvalue weighted by molar-refractivity contribution is 0.101. The molecule has 3 aromatic rings. The third-order valence-corrected chi connectivity index (χ3v) is 4.23. The van der Waals surface area contributed by atoms with E-state index in [-0.39, 0.29) is 5.69 Å². The number of hydrogen-bond acceptors (Lipinski definition) is 5. The molecule has 0 atom stereocenters. The number of nitrogen functional groups attached to an aromatic ring is 1. The van der Waals surface area contributed by atoms with E-state index in [9.17, 15) is 13.6 Å². The molecule has 0 aliphatic carbocycles. The maximum absolute atomic E-state index is 14.0. The van der Waals surface area contributed by atoms with Gasteiger partial charge in [-0.1, -0.05) is 0 Å². The van der Waals surface area contributed by atoms with Crippen molar-refractivity contribution < 1.29 is 13.6 Å². The first-order valence-electron chi connectivity index (χ1n) is 7.64. The fourth-order valence-corrected chi connectivity index (χ4v) is 2.76. The highest BCUT2D eigenvalue weighted by Crippen LogP contribution is 2.27. The predicted molar refractivity (Wildman–Crippen MR) is 88.2 cm³/mol. The lowest BCUT2D eigenvalue weighted by Gasteiger charge is -2.26. The second-order valence-electron chi connectivity index (χ2n) is 5.87. The van der Waals surface area contributed by atoms with Crippen molar-refractivity contribution >= 4 is 28.3 Å². The molecule has 0 saturated carbocycles. The Labute approximate surface area is 140 Å². The zero-order valence-electron chi connectivity index (χ0n) is 12.9. The van der Waals surface area contributed by atoms with Gasteiger partial charge in [-0.15, -0.1) is 0 Å². The van der Waals surface area contributed by atoms with Crippen LogP contribution >= 0.6 is 0 Å². The maximum Gasteiger partial charge on any atom is 0.261 e. The van der Waals surface area contributed by atoms with Crippen LogP contribution in [0.15, 0.2) is 24.4 Å². The summed E-state index contributed by atoms with van der Waals surface area (Å²) in [4.78, 5) is 16.4. The van der Waals surface area contributed by atoms with Crippen LogP contribution in [-0.4, -0.2) is 34.2 Å². The predicted octanol–water partition coefficient (Wildman–Crippen LogP) is 1.76. The van der Waals surface area contributed by atoms with E-state index in [0.717, 1.165) is 36.3 Å². The second-order valence-corrected chi connectivity index (χ2v) is 5.87. The van der Waals surface area contributed by atoms with Crippen LogP contribution in [0.1, 0.15) is 22.0 Å². The van der Waals surface area contributed by atoms with Crippen molar-refractivity contribution in [1.29, 1.82) is 0 Å². The highest BCUT2D eigenvalue weighted by Gasteiger charge is 2.24. The van der Waals surface area contributed by atoms with E-state index in [4.69, 9.17) is 5.73 Å². The molecule has 9 heteroatoms. The summed E-state index contributed by atoms with van der Waals surface area (Å²) in [6, 6.07) is 3.70. The molecule has 1 aromatic carbocycles. The number of halogens is 2. The Bertz CT molecular complexity index is 982. The van der Waals surface area contributed by atoms with Gasteiger partial charge in [0.25, 0.3) is 5.91 Å². The van der Waals surface area contributed by atoms with Gasteiger partial charge in [0.2, 0.25) is 0 Å². The first-order valence-corrected chi connectivity index (χ1v) is 7.64. The number of fused-ring (bicyclic) bond motifs is 1. The molecule has 1 fully saturated rings. The topological polar surface area (TPSA) is 109 Å². The molecule has 0 unspecified atom stereocenters. The average Bonchev–Trinajstić information content (AvgIpc) is 2.93. The standard InChI is InChI=1S/C16H14F2N6O/c17-10-1-2-11(19)13(18)12(10)16(25)22-8-3-9-14(7-4-20-5-7)23-24-15(9)21-6-8/h1-3,6-7,20H,4-5,19H2,(H,22,25)(H,21,23,24). The van der Waals surface area contributed by atoms with E-state index in [2.05, 4.69) is 25.8 Å². The molecule has 5 N–H and O–H groups in total. The van der Waals surface area contributed by atoms with Gasteiger partial charge in [0.1, 0.15) is 11.4 Å². The Hall–Kier alpha value is -3.07. The number of benzene rings is 1. The number of pyridine rings is 1. The van der Waals surface area contributed by atoms with Crippen molar-refractivity contribution in [2.45, 2.75) is 5.92 Å². The zero-order chi connectivity index (χ0) is 17.6. The summed E-state index contributed by atoms with van der Waals surface area (Å²) < 4.78 is 27.8. The fraction of sp³-hybridized carbons (Fsp3) is 0.188. The summed E-state index contributed by atoms with van der Waals surface area (Å²) in [5, 5.41) is 13.5. The highest BCUT2D eigenvalue weighted by atomic mass is 19.1. The number of H-pyrrole nitrogens is 1. The smallest absolute Gasteiger partial charge is 0.261 e. The van der Waals surface area contributed by atoms with Crippen molar-refractivity contribution in [3.8, 4) is 0 Å². The van der Waals surface area contributed by atoms with Crippen molar-refractivity contribution in [3.63, 3.8) is 0 Å². The summed E-state index contributed by atoms with van der Waals surface area (Å²) in [6.45, 7) is 1.65. The van der Waals surface area contributed by atoms with Crippen LogP contribution in [0, 0.1) is 11.6 Å². The Morgan fingerprint density at radius 1 is 1.32 bits per heavy atom. The Morgan fingerprint density at radius 3 is 2.84 bits per heavy atom. The summed E-state index contributed by atoms with van der Waals surface area (Å²) in [5.74, 6) is -2.71. The van der Waals surface area contributed by atoms with Crippen LogP contribution in [-0.2, 0) is 0 Å². The molecule has 1 aliphatic rings. The SMILES string of the molecule is Nc1ccc(F)c(C(=O)Nc2cnc3n[nH]c(C4CNC4)c3c2)c1F. The van der Waals surface area contributed by atoms with Crippen LogP contribution in [0.5, 0.6) is 0 Å². The molecule has 0 bridgehead atoms. The van der Waals surface area contributed by atoms with Gasteiger partial charge in [0, 0.05) is 24.4 Å². The molecule has 7 nitrogen and oxygen atoms in total. The average molecular weight is 344 g/mol. The third-order valence-electron chi connectivity index (χ3n) is 4.23. The normalized spacial score (nSPS) is 14.5. The fourth-order valence-electron chi connectivity index (χ4n) is 2.76. The number of rotatable bonds is 3. The number of nitrogens with two attached hydrogens (primary N) is 1. The van der Waals surface area contributed by atoms with Gasteiger partial charge in [0.15, 0.2) is 11.5 Å². The number of nitrogens with zero attached hydrogens (tertiary/aromatic N) is 2. The van der Waals surface area contributed by atoms with Gasteiger partial charge in [-0.25, -0.2) is 13.8 Å². The summed E-state index contributed by atoms with van der Waals surface area (Å²) in [5.41, 5.74) is 6.13. The lowest BCUT2D eigenvalue weighted by Crippen LogP contribution is -2.40. The molecule has 4 rings (SSSR count). The van der Waals surface area contributed by atoms with E-state index in [1.807, 2.05) is 0 Å². The number of aromatic amines is 1. The van der Waals surface area contributed by atoms with Gasteiger partial charge in [0.05, 0.1) is 23.3 Å². The largest absolute Gasteiger partial charge is 0.396 e. The molecular formula is C16H14F2N6O. The molecule has 1 amide bonds. The third kappa shape index (κ3) is 2.58. The molecule has 2 aromatic heterocycles. The van der Waals surface area contributed by atoms with Gasteiger partial charge < -0.3 is 16.4 Å². The minimum absolute atomic E-state index is 0.293. The van der Waals surface area contributed by atoms with Crippen LogP contribution in [0.2, 0.25) is 0 Å². The highest BCUT2D eigenvalue weighted by molar-refractivity contribution is 6.05. The molecule has 0 radical (unpaired) electrons. The van der Waals surface area contributed by atoms with E-state index in [0.29, 0.717) is 17.3 Å². The number of amides is 1. The molecule has 3 heterocycles. The molecule has 25 heavy (non-hydrogen) atoms. The molecule has 0 spiro atoms. The van der Waals surface area contributed by atoms with Crippen LogP contribution in [0.4, 0.5) is 20.2 Å². The van der Waals surface area contributed by atoms with Crippen molar-refractivity contribution in [3.05, 3.63) is 47.3 Å². The molecular weight excluding hydrogens is 330 g/mol. The number of anilines is 2. The van der Waals surface area contributed by atoms with Gasteiger partial charge in [-0.3, -0.25) is 9.89 Å². The Balaban J connectivity index is 1.66. The molecule has 128 valence electrons. The minimum atomic E-state index is -1.09. The summed E-state index contributed by atoms with van der Waals surface area (Å²) in [7, 11) is 0. The molecule has 1 saturated heterocycles. The quantitative estimate of drug-likeness (QED) is 0.541. The number of aromatic nitrogens is 3. The van der Waals surface area contributed by atoms with Gasteiger partial charge >= 0.3 is 0 Å². The number of carbonyl (C=O) groups is 1. The number of carbonyl (C=O) groups excluding carboxylic acids is 1. The summed E-state index contributed by atoms with van der Waals surface area (Å²) in [6.07, 6.45) is 1.38. The van der Waals surface area contributed by atoms with Gasteiger partial charge in [-0.2, -0.15) is 5.10 Å². The second kappa shape index (κ2) is 5.78. The monoisotopic (exact) mass is 344 g/mol. The van der Waals surface area contributed by atoms with E-state index in [1.54, 1.807) is 6.07 Å². The molecule has 1 aliphatic heterocycles. The van der Waals surface area contributed by atoms with Crippen LogP contribution < -0.4 is 16.4 Å². The zero-order valence-corrected chi connectivity index (χ0v) is 12.9. The summed E-state index contributed by atoms with van der Waals surface area (Å²) >= 11 is 0. The van der Waals surface area contributed by atoms with Crippen molar-refractivity contribution in [1.82, 2.24) is 20.5 Å². The van der Waals surface area contributed by atoms with E-state index >= 15 is 0 Å².